The first-order valence-corrected chi connectivity index (χ1v) is 5.99. The van der Waals surface area contributed by atoms with Crippen molar-refractivity contribution in [2.24, 2.45) is 0 Å². The van der Waals surface area contributed by atoms with E-state index in [1.807, 2.05) is 0 Å². The number of hydrogen-bond donors (Lipinski definition) is 0. The molecule has 0 amide bonds. The summed E-state index contributed by atoms with van der Waals surface area (Å²) in [6.45, 7) is 3.40. The van der Waals surface area contributed by atoms with Crippen molar-refractivity contribution < 1.29 is 17.3 Å². The first-order valence-electron chi connectivity index (χ1n) is 4.58. The Bertz CT molecular complexity index is 476. The smallest absolute Gasteiger partial charge is 0.300 e. The summed E-state index contributed by atoms with van der Waals surface area (Å²) in [4.78, 5) is 0.190. The van der Waals surface area contributed by atoms with Crippen LogP contribution in [0.1, 0.15) is 19.4 Å². The highest BCUT2D eigenvalue weighted by Gasteiger charge is 2.33. The van der Waals surface area contributed by atoms with E-state index < -0.39 is 15.9 Å². The summed E-state index contributed by atoms with van der Waals surface area (Å²) in [5.74, 6) is -1.11. The molecule has 0 unspecified atom stereocenters. The van der Waals surface area contributed by atoms with Crippen molar-refractivity contribution in [3.8, 4) is 0 Å². The zero-order chi connectivity index (χ0) is 11.1. The van der Waals surface area contributed by atoms with Crippen molar-refractivity contribution in [3.63, 3.8) is 0 Å². The Morgan fingerprint density at radius 2 is 1.93 bits per heavy atom. The fourth-order valence-corrected chi connectivity index (χ4v) is 2.81. The van der Waals surface area contributed by atoms with Gasteiger partial charge in [-0.05, 0) is 25.5 Å². The fraction of sp³-hybridized carbons (Fsp3) is 0.400. The molecule has 0 bridgehead atoms. The van der Waals surface area contributed by atoms with Crippen LogP contribution in [0.5, 0.6) is 0 Å². The lowest BCUT2D eigenvalue weighted by molar-refractivity contribution is -0.157. The van der Waals surface area contributed by atoms with Gasteiger partial charge in [0.25, 0.3) is 10.1 Å². The molecule has 0 radical (unpaired) electrons. The summed E-state index contributed by atoms with van der Waals surface area (Å²) in [6, 6.07) is 6.68. The second-order valence-corrected chi connectivity index (χ2v) is 5.35. The van der Waals surface area contributed by atoms with Crippen LogP contribution in [0.15, 0.2) is 29.2 Å². The molecule has 15 heavy (non-hydrogen) atoms. The van der Waals surface area contributed by atoms with Crippen molar-refractivity contribution in [3.05, 3.63) is 29.8 Å². The lowest BCUT2D eigenvalue weighted by atomic mass is 10.2. The van der Waals surface area contributed by atoms with Gasteiger partial charge in [0, 0.05) is 0 Å². The highest BCUT2D eigenvalue weighted by Crippen LogP contribution is 2.29. The molecule has 0 N–H and O–H groups in total. The van der Waals surface area contributed by atoms with Gasteiger partial charge in [-0.15, -0.1) is 0 Å². The van der Waals surface area contributed by atoms with Crippen LogP contribution >= 0.6 is 0 Å². The largest absolute Gasteiger partial charge is 0.345 e. The molecule has 5 heteroatoms. The number of benzene rings is 1. The van der Waals surface area contributed by atoms with Gasteiger partial charge in [0.2, 0.25) is 0 Å². The molecule has 1 aliphatic rings. The minimum Gasteiger partial charge on any atom is -0.345 e. The van der Waals surface area contributed by atoms with Crippen molar-refractivity contribution in [1.29, 1.82) is 0 Å². The zero-order valence-corrected chi connectivity index (χ0v) is 9.37. The Morgan fingerprint density at radius 1 is 1.27 bits per heavy atom. The minimum atomic E-state index is -3.71. The predicted octanol–water partition coefficient (Wildman–Crippen LogP) is 1.66. The molecule has 0 atom stereocenters. The fourth-order valence-electron chi connectivity index (χ4n) is 1.45. The van der Waals surface area contributed by atoms with E-state index in [4.69, 9.17) is 8.92 Å². The van der Waals surface area contributed by atoms with E-state index in [1.165, 1.54) is 6.07 Å². The summed E-state index contributed by atoms with van der Waals surface area (Å²) in [5.41, 5.74) is 0.628. The van der Waals surface area contributed by atoms with Gasteiger partial charge < -0.3 is 4.74 Å². The standard InChI is InChI=1S/C10H12O4S/c1-10(2)13-7-8-5-3-4-6-9(8)15(11,12)14-10/h3-6H,7H2,1-2H3. The Labute approximate surface area is 88.9 Å². The molecule has 0 fully saturated rings. The van der Waals surface area contributed by atoms with E-state index in [2.05, 4.69) is 0 Å². The van der Waals surface area contributed by atoms with Crippen molar-refractivity contribution in [2.45, 2.75) is 31.1 Å². The maximum atomic E-state index is 11.8. The van der Waals surface area contributed by atoms with Crippen molar-refractivity contribution >= 4 is 10.1 Å². The summed E-state index contributed by atoms with van der Waals surface area (Å²) in [7, 11) is -3.71. The molecular weight excluding hydrogens is 216 g/mol. The first-order chi connectivity index (χ1) is 6.91. The zero-order valence-electron chi connectivity index (χ0n) is 8.56. The Hall–Kier alpha value is -0.910. The lowest BCUT2D eigenvalue weighted by Gasteiger charge is -2.21. The molecule has 1 aliphatic heterocycles. The monoisotopic (exact) mass is 228 g/mol. The van der Waals surface area contributed by atoms with E-state index >= 15 is 0 Å². The van der Waals surface area contributed by atoms with Gasteiger partial charge in [0.1, 0.15) is 0 Å². The molecule has 0 saturated carbocycles. The van der Waals surface area contributed by atoms with Gasteiger partial charge in [-0.25, -0.2) is 4.18 Å². The van der Waals surface area contributed by atoms with Crippen LogP contribution in [0.4, 0.5) is 0 Å². The van der Waals surface area contributed by atoms with Gasteiger partial charge in [-0.3, -0.25) is 0 Å². The third-order valence-corrected chi connectivity index (χ3v) is 3.69. The molecule has 82 valence electrons. The molecule has 2 rings (SSSR count). The minimum absolute atomic E-state index is 0.190. The molecule has 1 aromatic rings. The molecule has 0 aromatic heterocycles. The molecule has 0 spiro atoms. The van der Waals surface area contributed by atoms with Crippen molar-refractivity contribution in [2.75, 3.05) is 0 Å². The molecule has 0 aliphatic carbocycles. The second-order valence-electron chi connectivity index (χ2n) is 3.83. The number of rotatable bonds is 0. The van der Waals surface area contributed by atoms with E-state index in [0.717, 1.165) is 0 Å². The highest BCUT2D eigenvalue weighted by atomic mass is 32.2. The lowest BCUT2D eigenvalue weighted by Crippen LogP contribution is -2.28. The number of ether oxygens (including phenoxy) is 1. The van der Waals surface area contributed by atoms with Crippen LogP contribution in [0.3, 0.4) is 0 Å². The maximum absolute atomic E-state index is 11.8. The van der Waals surface area contributed by atoms with E-state index in [9.17, 15) is 8.42 Å². The van der Waals surface area contributed by atoms with Gasteiger partial charge >= 0.3 is 0 Å². The Morgan fingerprint density at radius 3 is 2.67 bits per heavy atom. The Kier molecular flexibility index (Phi) is 2.33. The van der Waals surface area contributed by atoms with Crippen molar-refractivity contribution in [1.82, 2.24) is 0 Å². The average molecular weight is 228 g/mol. The van der Waals surface area contributed by atoms with Crippen LogP contribution < -0.4 is 0 Å². The molecule has 1 heterocycles. The van der Waals surface area contributed by atoms with Gasteiger partial charge in [0.05, 0.1) is 11.5 Å². The molecule has 1 aromatic carbocycles. The Balaban J connectivity index is 2.58. The number of fused-ring (bicyclic) bond motifs is 1. The van der Waals surface area contributed by atoms with Crippen LogP contribution in [-0.4, -0.2) is 14.2 Å². The highest BCUT2D eigenvalue weighted by molar-refractivity contribution is 7.86. The quantitative estimate of drug-likeness (QED) is 0.634. The van der Waals surface area contributed by atoms with Gasteiger partial charge in [-0.1, -0.05) is 18.2 Å². The number of hydrogen-bond acceptors (Lipinski definition) is 4. The van der Waals surface area contributed by atoms with Crippen LogP contribution in [0.2, 0.25) is 0 Å². The summed E-state index contributed by atoms with van der Waals surface area (Å²) >= 11 is 0. The maximum Gasteiger partial charge on any atom is 0.300 e. The average Bonchev–Trinajstić information content (AvgIpc) is 2.22. The van der Waals surface area contributed by atoms with Gasteiger partial charge in [0.15, 0.2) is 5.79 Å². The second kappa shape index (κ2) is 3.30. The third kappa shape index (κ3) is 2.04. The predicted molar refractivity (Wildman–Crippen MR) is 53.6 cm³/mol. The third-order valence-electron chi connectivity index (χ3n) is 2.13. The summed E-state index contributed by atoms with van der Waals surface area (Å²) in [6.07, 6.45) is 0. The van der Waals surface area contributed by atoms with Crippen LogP contribution in [0.25, 0.3) is 0 Å². The van der Waals surface area contributed by atoms with E-state index in [-0.39, 0.29) is 11.5 Å². The van der Waals surface area contributed by atoms with E-state index in [0.29, 0.717) is 5.56 Å². The van der Waals surface area contributed by atoms with Crippen LogP contribution in [0, 0.1) is 0 Å². The molecule has 4 nitrogen and oxygen atoms in total. The summed E-state index contributed by atoms with van der Waals surface area (Å²) < 4.78 is 33.9. The van der Waals surface area contributed by atoms with Gasteiger partial charge in [-0.2, -0.15) is 8.42 Å². The topological polar surface area (TPSA) is 52.6 Å². The summed E-state index contributed by atoms with van der Waals surface area (Å²) in [5, 5.41) is 0. The van der Waals surface area contributed by atoms with E-state index in [1.54, 1.807) is 32.0 Å². The first kappa shape index (κ1) is 10.6. The molecular formula is C10H12O4S. The van der Waals surface area contributed by atoms with Crippen LogP contribution in [-0.2, 0) is 25.6 Å². The molecule has 0 saturated heterocycles. The normalized spacial score (nSPS) is 22.8. The SMILES string of the molecule is CC1(C)OCc2ccccc2S(=O)(=O)O1.